The van der Waals surface area contributed by atoms with Gasteiger partial charge in [-0.1, -0.05) is 0 Å². The first kappa shape index (κ1) is 14.4. The molecule has 0 aliphatic rings. The number of hydrogen-bond acceptors (Lipinski definition) is 5. The van der Waals surface area contributed by atoms with E-state index >= 15 is 0 Å². The van der Waals surface area contributed by atoms with Gasteiger partial charge in [0.25, 0.3) is 0 Å². The van der Waals surface area contributed by atoms with Crippen LogP contribution in [0.15, 0.2) is 24.4 Å². The Hall–Kier alpha value is -2.05. The number of ether oxygens (including phenoxy) is 3. The molecular weight excluding hydrogens is 260 g/mol. The molecule has 0 amide bonds. The second-order valence-electron chi connectivity index (χ2n) is 4.25. The van der Waals surface area contributed by atoms with Crippen molar-refractivity contribution in [1.82, 2.24) is 4.98 Å². The van der Waals surface area contributed by atoms with E-state index in [1.165, 1.54) is 0 Å². The van der Waals surface area contributed by atoms with Gasteiger partial charge in [0, 0.05) is 29.9 Å². The Morgan fingerprint density at radius 1 is 1.25 bits per heavy atom. The predicted molar refractivity (Wildman–Crippen MR) is 75.7 cm³/mol. The van der Waals surface area contributed by atoms with Crippen molar-refractivity contribution in [1.29, 1.82) is 0 Å². The molecule has 20 heavy (non-hydrogen) atoms. The van der Waals surface area contributed by atoms with Crippen molar-refractivity contribution in [3.8, 4) is 0 Å². The van der Waals surface area contributed by atoms with E-state index in [-0.39, 0.29) is 12.6 Å². The second-order valence-corrected chi connectivity index (χ2v) is 4.25. The third-order valence-corrected chi connectivity index (χ3v) is 2.82. The van der Waals surface area contributed by atoms with E-state index in [2.05, 4.69) is 4.98 Å². The molecule has 0 saturated heterocycles. The minimum absolute atomic E-state index is 0.212. The number of esters is 1. The van der Waals surface area contributed by atoms with Gasteiger partial charge in [-0.25, -0.2) is 4.79 Å². The lowest BCUT2D eigenvalue weighted by molar-refractivity contribution is 0.0215. The third-order valence-electron chi connectivity index (χ3n) is 2.82. The highest BCUT2D eigenvalue weighted by molar-refractivity contribution is 6.04. The summed E-state index contributed by atoms with van der Waals surface area (Å²) < 4.78 is 15.2. The summed E-state index contributed by atoms with van der Waals surface area (Å²) in [5.74, 6) is -0.378. The maximum absolute atomic E-state index is 11.9. The summed E-state index contributed by atoms with van der Waals surface area (Å²) in [5.41, 5.74) is 7.64. The number of aromatic nitrogens is 1. The van der Waals surface area contributed by atoms with Crippen molar-refractivity contribution in [2.75, 3.05) is 39.3 Å². The van der Waals surface area contributed by atoms with E-state index in [4.69, 9.17) is 19.9 Å². The van der Waals surface area contributed by atoms with Gasteiger partial charge >= 0.3 is 5.97 Å². The normalized spacial score (nSPS) is 10.8. The fourth-order valence-electron chi connectivity index (χ4n) is 1.83. The summed E-state index contributed by atoms with van der Waals surface area (Å²) in [5, 5.41) is 0.796. The smallest absolute Gasteiger partial charge is 0.340 e. The number of fused-ring (bicyclic) bond motifs is 1. The van der Waals surface area contributed by atoms with Gasteiger partial charge in [0.2, 0.25) is 0 Å². The fourth-order valence-corrected chi connectivity index (χ4v) is 1.83. The number of nitrogens with one attached hydrogen (secondary N) is 1. The van der Waals surface area contributed by atoms with Gasteiger partial charge in [-0.15, -0.1) is 0 Å². The van der Waals surface area contributed by atoms with Crippen LogP contribution in [0, 0.1) is 0 Å². The summed E-state index contributed by atoms with van der Waals surface area (Å²) in [6.07, 6.45) is 1.62. The zero-order chi connectivity index (χ0) is 14.4. The summed E-state index contributed by atoms with van der Waals surface area (Å²) in [7, 11) is 1.60. The molecule has 0 unspecified atom stereocenters. The van der Waals surface area contributed by atoms with E-state index in [0.717, 1.165) is 10.9 Å². The van der Waals surface area contributed by atoms with Crippen molar-refractivity contribution in [2.24, 2.45) is 0 Å². The summed E-state index contributed by atoms with van der Waals surface area (Å²) in [6.45, 7) is 1.58. The van der Waals surface area contributed by atoms with Crippen LogP contribution >= 0.6 is 0 Å². The number of nitrogen functional groups attached to an aromatic ring is 1. The Balaban J connectivity index is 1.88. The van der Waals surface area contributed by atoms with Crippen LogP contribution in [-0.4, -0.2) is 44.5 Å². The molecule has 6 nitrogen and oxygen atoms in total. The average Bonchev–Trinajstić information content (AvgIpc) is 2.85. The van der Waals surface area contributed by atoms with Crippen LogP contribution in [0.3, 0.4) is 0 Å². The van der Waals surface area contributed by atoms with Gasteiger partial charge < -0.3 is 24.9 Å². The molecule has 0 bridgehead atoms. The molecule has 6 heteroatoms. The summed E-state index contributed by atoms with van der Waals surface area (Å²) >= 11 is 0. The predicted octanol–water partition coefficient (Wildman–Crippen LogP) is 1.57. The highest BCUT2D eigenvalue weighted by Gasteiger charge is 2.13. The average molecular weight is 278 g/mol. The monoisotopic (exact) mass is 278 g/mol. The molecule has 108 valence electrons. The number of benzene rings is 1. The zero-order valence-corrected chi connectivity index (χ0v) is 11.3. The lowest BCUT2D eigenvalue weighted by Crippen LogP contribution is -2.12. The van der Waals surface area contributed by atoms with Crippen LogP contribution < -0.4 is 5.73 Å². The van der Waals surface area contributed by atoms with Crippen LogP contribution in [0.2, 0.25) is 0 Å². The van der Waals surface area contributed by atoms with Gasteiger partial charge in [0.05, 0.1) is 25.4 Å². The maximum atomic E-state index is 11.9. The van der Waals surface area contributed by atoms with Crippen molar-refractivity contribution < 1.29 is 19.0 Å². The van der Waals surface area contributed by atoms with Crippen LogP contribution in [0.25, 0.3) is 10.9 Å². The Kier molecular flexibility index (Phi) is 4.97. The molecule has 3 N–H and O–H groups in total. The molecule has 1 aromatic heterocycles. The van der Waals surface area contributed by atoms with Crippen LogP contribution in [0.1, 0.15) is 10.4 Å². The quantitative estimate of drug-likeness (QED) is 0.456. The summed E-state index contributed by atoms with van der Waals surface area (Å²) in [4.78, 5) is 14.9. The highest BCUT2D eigenvalue weighted by Crippen LogP contribution is 2.21. The molecule has 1 heterocycles. The number of rotatable bonds is 7. The lowest BCUT2D eigenvalue weighted by Gasteiger charge is -2.05. The van der Waals surface area contributed by atoms with E-state index < -0.39 is 0 Å². The van der Waals surface area contributed by atoms with Crippen molar-refractivity contribution in [3.05, 3.63) is 30.0 Å². The first-order chi connectivity index (χ1) is 9.72. The highest BCUT2D eigenvalue weighted by atomic mass is 16.6. The van der Waals surface area contributed by atoms with Crippen LogP contribution in [-0.2, 0) is 14.2 Å². The molecule has 0 atom stereocenters. The van der Waals surface area contributed by atoms with Crippen molar-refractivity contribution in [3.63, 3.8) is 0 Å². The lowest BCUT2D eigenvalue weighted by atomic mass is 10.1. The van der Waals surface area contributed by atoms with E-state index in [1.807, 2.05) is 0 Å². The second kappa shape index (κ2) is 6.93. The first-order valence-electron chi connectivity index (χ1n) is 6.33. The number of anilines is 1. The number of carbonyl (C=O) groups excluding carboxylic acids is 1. The van der Waals surface area contributed by atoms with Gasteiger partial charge in [-0.05, 0) is 18.2 Å². The molecule has 0 saturated carbocycles. The van der Waals surface area contributed by atoms with Crippen LogP contribution in [0.4, 0.5) is 5.69 Å². The molecule has 0 fully saturated rings. The topological polar surface area (TPSA) is 86.6 Å². The number of H-pyrrole nitrogens is 1. The van der Waals surface area contributed by atoms with Gasteiger partial charge in [-0.3, -0.25) is 0 Å². The minimum Gasteiger partial charge on any atom is -0.460 e. The number of aromatic amines is 1. The van der Waals surface area contributed by atoms with Crippen molar-refractivity contribution >= 4 is 22.6 Å². The molecule has 2 rings (SSSR count). The summed E-state index contributed by atoms with van der Waals surface area (Å²) in [6, 6.07) is 5.33. The van der Waals surface area contributed by atoms with E-state index in [1.54, 1.807) is 31.5 Å². The van der Waals surface area contributed by atoms with Gasteiger partial charge in [-0.2, -0.15) is 0 Å². The number of carbonyl (C=O) groups is 1. The number of nitrogens with two attached hydrogens (primary N) is 1. The molecule has 0 aliphatic carbocycles. The minimum atomic E-state index is -0.378. The number of methoxy groups -OCH3 is 1. The van der Waals surface area contributed by atoms with Crippen LogP contribution in [0.5, 0.6) is 0 Å². The molecular formula is C14H18N2O4. The molecule has 0 radical (unpaired) electrons. The third kappa shape index (κ3) is 3.49. The molecule has 0 aliphatic heterocycles. The largest absolute Gasteiger partial charge is 0.460 e. The van der Waals surface area contributed by atoms with Gasteiger partial charge in [0.1, 0.15) is 6.61 Å². The fraction of sp³-hybridized carbons (Fsp3) is 0.357. The Bertz CT molecular complexity index is 580. The van der Waals surface area contributed by atoms with E-state index in [9.17, 15) is 4.79 Å². The number of hydrogen-bond donors (Lipinski definition) is 2. The van der Waals surface area contributed by atoms with Gasteiger partial charge in [0.15, 0.2) is 0 Å². The Morgan fingerprint density at radius 3 is 2.85 bits per heavy atom. The zero-order valence-electron chi connectivity index (χ0n) is 11.3. The molecule has 2 aromatic rings. The Morgan fingerprint density at radius 2 is 2.05 bits per heavy atom. The first-order valence-corrected chi connectivity index (χ1v) is 6.33. The molecule has 0 spiro atoms. The molecule has 1 aromatic carbocycles. The van der Waals surface area contributed by atoms with E-state index in [0.29, 0.717) is 31.1 Å². The SMILES string of the molecule is COCCOCCOC(=O)c1c[nH]c2cc(N)ccc12. The Labute approximate surface area is 116 Å². The standard InChI is InChI=1S/C14H18N2O4/c1-18-4-5-19-6-7-20-14(17)12-9-16-13-8-10(15)2-3-11(12)13/h2-3,8-9,16H,4-7,15H2,1H3. The van der Waals surface area contributed by atoms with Crippen molar-refractivity contribution in [2.45, 2.75) is 0 Å². The maximum Gasteiger partial charge on any atom is 0.340 e.